The van der Waals surface area contributed by atoms with Crippen molar-refractivity contribution in [1.82, 2.24) is 4.98 Å². The predicted molar refractivity (Wildman–Crippen MR) is 82.1 cm³/mol. The molecule has 2 N–H and O–H groups in total. The molecule has 21 heavy (non-hydrogen) atoms. The first-order chi connectivity index (χ1) is 10.1. The van der Waals surface area contributed by atoms with Crippen molar-refractivity contribution in [1.29, 1.82) is 0 Å². The fraction of sp³-hybridized carbons (Fsp3) is 0.176. The molecule has 0 spiro atoms. The molecule has 1 heterocycles. The molecular weight excluding hydrogens is 264 g/mol. The van der Waals surface area contributed by atoms with Gasteiger partial charge in [-0.3, -0.25) is 9.78 Å². The third kappa shape index (κ3) is 3.68. The Balaban J connectivity index is 2.34. The Hall–Kier alpha value is -2.64. The normalized spacial score (nSPS) is 9.67. The first-order valence-electron chi connectivity index (χ1n) is 6.54. The number of hydrogen-bond donors (Lipinski definition) is 2. The van der Waals surface area contributed by atoms with Gasteiger partial charge in [0.2, 0.25) is 0 Å². The number of aryl methyl sites for hydroxylation is 2. The van der Waals surface area contributed by atoms with Crippen LogP contribution in [-0.2, 0) is 0 Å². The second-order valence-corrected chi connectivity index (χ2v) is 4.65. The zero-order valence-electron chi connectivity index (χ0n) is 12.0. The summed E-state index contributed by atoms with van der Waals surface area (Å²) in [7, 11) is 0. The smallest absolute Gasteiger partial charge is 0.256 e. The van der Waals surface area contributed by atoms with Crippen LogP contribution in [0.15, 0.2) is 36.7 Å². The predicted octanol–water partition coefficient (Wildman–Crippen LogP) is 2.29. The van der Waals surface area contributed by atoms with Gasteiger partial charge in [0.05, 0.1) is 17.4 Å². The molecule has 1 amide bonds. The Morgan fingerprint density at radius 2 is 2.14 bits per heavy atom. The van der Waals surface area contributed by atoms with Crippen molar-refractivity contribution in [3.05, 3.63) is 58.9 Å². The molecule has 0 radical (unpaired) electrons. The molecule has 2 aromatic rings. The Morgan fingerprint density at radius 3 is 2.86 bits per heavy atom. The number of rotatable bonds is 2. The van der Waals surface area contributed by atoms with E-state index in [-0.39, 0.29) is 12.5 Å². The van der Waals surface area contributed by atoms with Gasteiger partial charge in [-0.1, -0.05) is 23.5 Å². The zero-order valence-corrected chi connectivity index (χ0v) is 12.0. The average Bonchev–Trinajstić information content (AvgIpc) is 2.48. The third-order valence-electron chi connectivity index (χ3n) is 3.01. The van der Waals surface area contributed by atoms with Crippen LogP contribution in [0.1, 0.15) is 27.0 Å². The number of aromatic nitrogens is 1. The van der Waals surface area contributed by atoms with Crippen LogP contribution < -0.4 is 5.32 Å². The van der Waals surface area contributed by atoms with Crippen molar-refractivity contribution in [2.75, 3.05) is 11.9 Å². The summed E-state index contributed by atoms with van der Waals surface area (Å²) < 4.78 is 0. The van der Waals surface area contributed by atoms with Crippen LogP contribution in [-0.4, -0.2) is 22.6 Å². The van der Waals surface area contributed by atoms with Crippen molar-refractivity contribution in [3.63, 3.8) is 0 Å². The molecular formula is C17H16N2O2. The minimum Gasteiger partial charge on any atom is -0.384 e. The molecule has 0 fully saturated rings. The van der Waals surface area contributed by atoms with E-state index in [1.807, 2.05) is 26.0 Å². The van der Waals surface area contributed by atoms with Crippen LogP contribution in [0.25, 0.3) is 0 Å². The van der Waals surface area contributed by atoms with Crippen LogP contribution in [0.3, 0.4) is 0 Å². The van der Waals surface area contributed by atoms with Crippen molar-refractivity contribution in [2.45, 2.75) is 13.8 Å². The number of carbonyl (C=O) groups excluding carboxylic acids is 1. The maximum absolute atomic E-state index is 12.4. The largest absolute Gasteiger partial charge is 0.384 e. The molecule has 0 bridgehead atoms. The van der Waals surface area contributed by atoms with Crippen LogP contribution in [0.5, 0.6) is 0 Å². The van der Waals surface area contributed by atoms with Crippen LogP contribution in [0, 0.1) is 25.7 Å². The molecule has 0 saturated carbocycles. The summed E-state index contributed by atoms with van der Waals surface area (Å²) in [5, 5.41) is 11.6. The highest BCUT2D eigenvalue weighted by Gasteiger charge is 2.12. The number of amides is 1. The summed E-state index contributed by atoms with van der Waals surface area (Å²) in [6.07, 6.45) is 3.29. The Kier molecular flexibility index (Phi) is 4.70. The van der Waals surface area contributed by atoms with E-state index in [1.54, 1.807) is 24.5 Å². The van der Waals surface area contributed by atoms with E-state index in [0.717, 1.165) is 11.1 Å². The van der Waals surface area contributed by atoms with Crippen LogP contribution in [0.2, 0.25) is 0 Å². The number of aliphatic hydroxyl groups excluding tert-OH is 1. The van der Waals surface area contributed by atoms with Crippen LogP contribution >= 0.6 is 0 Å². The summed E-state index contributed by atoms with van der Waals surface area (Å²) in [5.41, 5.74) is 3.66. The molecule has 0 unspecified atom stereocenters. The van der Waals surface area contributed by atoms with Gasteiger partial charge in [0.25, 0.3) is 5.91 Å². The number of nitrogens with one attached hydrogen (secondary N) is 1. The van der Waals surface area contributed by atoms with Gasteiger partial charge in [0, 0.05) is 11.8 Å². The lowest BCUT2D eigenvalue weighted by atomic mass is 10.0. The molecule has 1 aromatic carbocycles. The lowest BCUT2D eigenvalue weighted by Crippen LogP contribution is -2.14. The van der Waals surface area contributed by atoms with Gasteiger partial charge in [-0.05, 0) is 37.6 Å². The minimum atomic E-state index is -0.239. The number of benzene rings is 1. The quantitative estimate of drug-likeness (QED) is 0.830. The fourth-order valence-corrected chi connectivity index (χ4v) is 1.87. The van der Waals surface area contributed by atoms with E-state index in [0.29, 0.717) is 16.8 Å². The number of hydrogen-bond acceptors (Lipinski definition) is 3. The van der Waals surface area contributed by atoms with E-state index in [2.05, 4.69) is 22.1 Å². The molecule has 0 aliphatic rings. The molecule has 4 heteroatoms. The fourth-order valence-electron chi connectivity index (χ4n) is 1.87. The third-order valence-corrected chi connectivity index (χ3v) is 3.01. The maximum atomic E-state index is 12.4. The average molecular weight is 280 g/mol. The SMILES string of the molecule is Cc1ccc(C#CCO)c(C(=O)Nc2cnccc2C)c1. The Morgan fingerprint density at radius 1 is 1.33 bits per heavy atom. The van der Waals surface area contributed by atoms with Gasteiger partial charge in [-0.2, -0.15) is 0 Å². The zero-order chi connectivity index (χ0) is 15.2. The topological polar surface area (TPSA) is 62.2 Å². The number of aliphatic hydroxyl groups is 1. The first-order valence-corrected chi connectivity index (χ1v) is 6.54. The highest BCUT2D eigenvalue weighted by molar-refractivity contribution is 6.06. The highest BCUT2D eigenvalue weighted by atomic mass is 16.2. The molecule has 4 nitrogen and oxygen atoms in total. The standard InChI is InChI=1S/C17H16N2O2/c1-12-5-6-14(4-3-9-20)15(10-12)17(21)19-16-11-18-8-7-13(16)2/h5-8,10-11,20H,9H2,1-2H3,(H,19,21). The number of pyridine rings is 1. The van der Waals surface area contributed by atoms with Gasteiger partial charge in [-0.15, -0.1) is 0 Å². The summed E-state index contributed by atoms with van der Waals surface area (Å²) >= 11 is 0. The van der Waals surface area contributed by atoms with E-state index in [9.17, 15) is 4.79 Å². The maximum Gasteiger partial charge on any atom is 0.256 e. The van der Waals surface area contributed by atoms with Crippen molar-refractivity contribution >= 4 is 11.6 Å². The first kappa shape index (κ1) is 14.8. The van der Waals surface area contributed by atoms with E-state index >= 15 is 0 Å². The van der Waals surface area contributed by atoms with Gasteiger partial charge in [0.15, 0.2) is 0 Å². The Labute approximate surface area is 123 Å². The van der Waals surface area contributed by atoms with Gasteiger partial charge in [0.1, 0.15) is 6.61 Å². The second kappa shape index (κ2) is 6.69. The van der Waals surface area contributed by atoms with Gasteiger partial charge in [-0.25, -0.2) is 0 Å². The molecule has 0 aliphatic heterocycles. The lowest BCUT2D eigenvalue weighted by molar-refractivity contribution is 0.102. The van der Waals surface area contributed by atoms with Crippen molar-refractivity contribution in [2.24, 2.45) is 0 Å². The Bertz CT molecular complexity index is 727. The van der Waals surface area contributed by atoms with E-state index in [4.69, 9.17) is 5.11 Å². The number of anilines is 1. The lowest BCUT2D eigenvalue weighted by Gasteiger charge is -2.09. The second-order valence-electron chi connectivity index (χ2n) is 4.65. The van der Waals surface area contributed by atoms with Gasteiger partial charge < -0.3 is 10.4 Å². The molecule has 0 aliphatic carbocycles. The van der Waals surface area contributed by atoms with Gasteiger partial charge >= 0.3 is 0 Å². The summed E-state index contributed by atoms with van der Waals surface area (Å²) in [4.78, 5) is 16.4. The molecule has 0 atom stereocenters. The summed E-state index contributed by atoms with van der Waals surface area (Å²) in [6, 6.07) is 7.28. The molecule has 0 saturated heterocycles. The summed E-state index contributed by atoms with van der Waals surface area (Å²) in [5.74, 6) is 5.12. The highest BCUT2D eigenvalue weighted by Crippen LogP contribution is 2.16. The molecule has 2 rings (SSSR count). The van der Waals surface area contributed by atoms with Crippen molar-refractivity contribution in [3.8, 4) is 11.8 Å². The van der Waals surface area contributed by atoms with Crippen molar-refractivity contribution < 1.29 is 9.90 Å². The molecule has 106 valence electrons. The van der Waals surface area contributed by atoms with E-state index in [1.165, 1.54) is 0 Å². The number of carbonyl (C=O) groups is 1. The monoisotopic (exact) mass is 280 g/mol. The minimum absolute atomic E-state index is 0.239. The summed E-state index contributed by atoms with van der Waals surface area (Å²) in [6.45, 7) is 3.58. The molecule has 1 aromatic heterocycles. The number of nitrogens with zero attached hydrogens (tertiary/aromatic N) is 1. The van der Waals surface area contributed by atoms with E-state index < -0.39 is 0 Å². The van der Waals surface area contributed by atoms with Crippen LogP contribution in [0.4, 0.5) is 5.69 Å².